The molecule has 196 valence electrons. The minimum absolute atomic E-state index is 0.140. The first-order chi connectivity index (χ1) is 16.8. The highest BCUT2D eigenvalue weighted by molar-refractivity contribution is 5.95. The van der Waals surface area contributed by atoms with Gasteiger partial charge in [0.05, 0.1) is 13.5 Å². The van der Waals surface area contributed by atoms with E-state index in [1.54, 1.807) is 51.1 Å². The standard InChI is InChI=1S/C25H34N4O7/c1-7-12-29(23(33)18(14-19(26)30)28-24(34)36-25(3,4)5)21(22(32)27-15-20(31)35-6)17-11-9-10-16(8-2)13-17/h7-11,13,18,21H,1-2,12,14-15H2,3-6H3,(H2,26,30)(H,27,32)(H,28,34). The molecule has 11 heteroatoms. The highest BCUT2D eigenvalue weighted by atomic mass is 16.6. The first-order valence-corrected chi connectivity index (χ1v) is 11.1. The summed E-state index contributed by atoms with van der Waals surface area (Å²) in [6, 6.07) is 3.97. The van der Waals surface area contributed by atoms with E-state index in [1.165, 1.54) is 13.2 Å². The Kier molecular flexibility index (Phi) is 11.3. The molecule has 2 atom stereocenters. The van der Waals surface area contributed by atoms with Crippen molar-refractivity contribution in [2.75, 3.05) is 20.2 Å². The average molecular weight is 503 g/mol. The Hall–Kier alpha value is -4.15. The number of alkyl carbamates (subject to hydrolysis) is 1. The third kappa shape index (κ3) is 9.61. The quantitative estimate of drug-likeness (QED) is 0.288. The summed E-state index contributed by atoms with van der Waals surface area (Å²) in [4.78, 5) is 63.7. The van der Waals surface area contributed by atoms with Crippen LogP contribution in [0.4, 0.5) is 4.79 Å². The number of carbonyl (C=O) groups is 5. The molecule has 0 fully saturated rings. The minimum Gasteiger partial charge on any atom is -0.468 e. The molecule has 11 nitrogen and oxygen atoms in total. The number of primary amides is 1. The van der Waals surface area contributed by atoms with E-state index in [0.29, 0.717) is 11.1 Å². The topological polar surface area (TPSA) is 157 Å². The molecule has 1 aromatic carbocycles. The molecule has 0 bridgehead atoms. The molecule has 1 rings (SSSR count). The van der Waals surface area contributed by atoms with Crippen LogP contribution in [-0.2, 0) is 28.7 Å². The normalized spacial score (nSPS) is 12.3. The predicted molar refractivity (Wildman–Crippen MR) is 133 cm³/mol. The Morgan fingerprint density at radius 3 is 2.36 bits per heavy atom. The van der Waals surface area contributed by atoms with Gasteiger partial charge >= 0.3 is 12.1 Å². The molecule has 0 saturated heterocycles. The Morgan fingerprint density at radius 1 is 1.17 bits per heavy atom. The molecule has 4 N–H and O–H groups in total. The van der Waals surface area contributed by atoms with Crippen LogP contribution in [0.5, 0.6) is 0 Å². The molecule has 0 spiro atoms. The number of hydrogen-bond acceptors (Lipinski definition) is 7. The van der Waals surface area contributed by atoms with E-state index < -0.39 is 60.4 Å². The Bertz CT molecular complexity index is 1000. The van der Waals surface area contributed by atoms with Crippen LogP contribution >= 0.6 is 0 Å². The highest BCUT2D eigenvalue weighted by Crippen LogP contribution is 2.24. The van der Waals surface area contributed by atoms with Crippen molar-refractivity contribution in [2.45, 2.75) is 44.9 Å². The molecule has 0 radical (unpaired) electrons. The summed E-state index contributed by atoms with van der Waals surface area (Å²) in [6.07, 6.45) is 1.45. The molecule has 1 aromatic rings. The van der Waals surface area contributed by atoms with Crippen LogP contribution in [0.15, 0.2) is 43.5 Å². The van der Waals surface area contributed by atoms with Gasteiger partial charge in [0.15, 0.2) is 0 Å². The lowest BCUT2D eigenvalue weighted by molar-refractivity contribution is -0.144. The van der Waals surface area contributed by atoms with E-state index >= 15 is 0 Å². The van der Waals surface area contributed by atoms with E-state index in [2.05, 4.69) is 28.5 Å². The summed E-state index contributed by atoms with van der Waals surface area (Å²) in [5.41, 5.74) is 5.52. The van der Waals surface area contributed by atoms with Gasteiger partial charge in [0, 0.05) is 6.54 Å². The molecule has 0 aromatic heterocycles. The van der Waals surface area contributed by atoms with Gasteiger partial charge in [0.2, 0.25) is 17.7 Å². The third-order valence-electron chi connectivity index (χ3n) is 4.66. The number of rotatable bonds is 12. The molecule has 0 aliphatic rings. The zero-order chi connectivity index (χ0) is 27.5. The summed E-state index contributed by atoms with van der Waals surface area (Å²) in [6.45, 7) is 11.7. The van der Waals surface area contributed by atoms with Crippen molar-refractivity contribution < 1.29 is 33.4 Å². The monoisotopic (exact) mass is 502 g/mol. The molecule has 4 amide bonds. The second-order valence-corrected chi connectivity index (χ2v) is 8.72. The molecule has 0 aliphatic carbocycles. The van der Waals surface area contributed by atoms with Gasteiger partial charge in [0.1, 0.15) is 24.2 Å². The highest BCUT2D eigenvalue weighted by Gasteiger charge is 2.36. The van der Waals surface area contributed by atoms with Crippen molar-refractivity contribution in [1.82, 2.24) is 15.5 Å². The number of nitrogens with one attached hydrogen (secondary N) is 2. The van der Waals surface area contributed by atoms with Gasteiger partial charge < -0.3 is 30.7 Å². The van der Waals surface area contributed by atoms with Crippen LogP contribution in [-0.4, -0.2) is 66.5 Å². The Morgan fingerprint density at radius 2 is 1.83 bits per heavy atom. The van der Waals surface area contributed by atoms with Crippen LogP contribution in [0.1, 0.15) is 44.4 Å². The first-order valence-electron chi connectivity index (χ1n) is 11.1. The van der Waals surface area contributed by atoms with Gasteiger partial charge in [-0.25, -0.2) is 4.79 Å². The number of benzene rings is 1. The van der Waals surface area contributed by atoms with Crippen LogP contribution in [0.2, 0.25) is 0 Å². The molecule has 36 heavy (non-hydrogen) atoms. The van der Waals surface area contributed by atoms with E-state index in [9.17, 15) is 24.0 Å². The predicted octanol–water partition coefficient (Wildman–Crippen LogP) is 1.44. The van der Waals surface area contributed by atoms with Crippen molar-refractivity contribution in [1.29, 1.82) is 0 Å². The van der Waals surface area contributed by atoms with E-state index in [-0.39, 0.29) is 6.54 Å². The van der Waals surface area contributed by atoms with Gasteiger partial charge in [0.25, 0.3) is 0 Å². The van der Waals surface area contributed by atoms with Crippen LogP contribution < -0.4 is 16.4 Å². The first kappa shape index (κ1) is 29.9. The fourth-order valence-electron chi connectivity index (χ4n) is 3.17. The second kappa shape index (κ2) is 13.7. The number of nitrogens with two attached hydrogens (primary N) is 1. The zero-order valence-corrected chi connectivity index (χ0v) is 21.0. The summed E-state index contributed by atoms with van der Waals surface area (Å²) in [7, 11) is 1.17. The van der Waals surface area contributed by atoms with Crippen LogP contribution in [0.3, 0.4) is 0 Å². The number of esters is 1. The van der Waals surface area contributed by atoms with E-state index in [4.69, 9.17) is 10.5 Å². The van der Waals surface area contributed by atoms with Crippen LogP contribution in [0, 0.1) is 0 Å². The lowest BCUT2D eigenvalue weighted by Crippen LogP contribution is -2.54. The summed E-state index contributed by atoms with van der Waals surface area (Å²) >= 11 is 0. The van der Waals surface area contributed by atoms with Crippen molar-refractivity contribution in [3.8, 4) is 0 Å². The van der Waals surface area contributed by atoms with Crippen molar-refractivity contribution in [2.24, 2.45) is 5.73 Å². The van der Waals surface area contributed by atoms with Crippen molar-refractivity contribution in [3.63, 3.8) is 0 Å². The van der Waals surface area contributed by atoms with E-state index in [0.717, 1.165) is 4.90 Å². The van der Waals surface area contributed by atoms with E-state index in [1.807, 2.05) is 0 Å². The van der Waals surface area contributed by atoms with Gasteiger partial charge in [-0.15, -0.1) is 6.58 Å². The zero-order valence-electron chi connectivity index (χ0n) is 21.0. The smallest absolute Gasteiger partial charge is 0.408 e. The Balaban J connectivity index is 3.49. The SMILES string of the molecule is C=CCN(C(=O)C(CC(N)=O)NC(=O)OC(C)(C)C)C(C(=O)NCC(=O)OC)c1cccc(C=C)c1. The maximum absolute atomic E-state index is 13.6. The van der Waals surface area contributed by atoms with Crippen LogP contribution in [0.25, 0.3) is 6.08 Å². The molecular weight excluding hydrogens is 468 g/mol. The number of ether oxygens (including phenoxy) is 2. The largest absolute Gasteiger partial charge is 0.468 e. The average Bonchev–Trinajstić information content (AvgIpc) is 2.79. The number of amides is 4. The fraction of sp³-hybridized carbons (Fsp3) is 0.400. The lowest BCUT2D eigenvalue weighted by atomic mass is 10.00. The maximum Gasteiger partial charge on any atom is 0.408 e. The maximum atomic E-state index is 13.6. The molecular formula is C25H34N4O7. The summed E-state index contributed by atoms with van der Waals surface area (Å²) in [5.74, 6) is -3.04. The number of carbonyl (C=O) groups excluding carboxylic acids is 5. The molecule has 0 aliphatic heterocycles. The summed E-state index contributed by atoms with van der Waals surface area (Å²) in [5, 5.41) is 4.80. The number of methoxy groups -OCH3 is 1. The molecule has 2 unspecified atom stereocenters. The lowest BCUT2D eigenvalue weighted by Gasteiger charge is -2.33. The Labute approximate surface area is 210 Å². The van der Waals surface area contributed by atoms with Crippen molar-refractivity contribution >= 4 is 35.9 Å². The van der Waals surface area contributed by atoms with Gasteiger partial charge in [-0.05, 0) is 38.0 Å². The second-order valence-electron chi connectivity index (χ2n) is 8.72. The van der Waals surface area contributed by atoms with Gasteiger partial charge in [-0.3, -0.25) is 19.2 Å². The minimum atomic E-state index is -1.43. The van der Waals surface area contributed by atoms with Gasteiger partial charge in [-0.2, -0.15) is 0 Å². The fourth-order valence-corrected chi connectivity index (χ4v) is 3.17. The molecule has 0 saturated carbocycles. The number of nitrogens with zero attached hydrogens (tertiary/aromatic N) is 1. The molecule has 0 heterocycles. The van der Waals surface area contributed by atoms with Crippen molar-refractivity contribution in [3.05, 3.63) is 54.6 Å². The summed E-state index contributed by atoms with van der Waals surface area (Å²) < 4.78 is 9.77. The van der Waals surface area contributed by atoms with Gasteiger partial charge in [-0.1, -0.05) is 36.9 Å². The third-order valence-corrected chi connectivity index (χ3v) is 4.66. The number of hydrogen-bond donors (Lipinski definition) is 3.